The van der Waals surface area contributed by atoms with Crippen LogP contribution in [-0.4, -0.2) is 5.97 Å². The van der Waals surface area contributed by atoms with Crippen molar-refractivity contribution < 1.29 is 13.9 Å². The Morgan fingerprint density at radius 2 is 1.83 bits per heavy atom. The first-order valence-corrected chi connectivity index (χ1v) is 7.82. The summed E-state index contributed by atoms with van der Waals surface area (Å²) >= 11 is 0. The molecular weight excluding hydrogens is 288 g/mol. The van der Waals surface area contributed by atoms with E-state index in [1.54, 1.807) is 12.2 Å². The van der Waals surface area contributed by atoms with Gasteiger partial charge >= 0.3 is 5.97 Å². The van der Waals surface area contributed by atoms with Gasteiger partial charge in [0, 0.05) is 12.0 Å². The Hall–Kier alpha value is -2.55. The van der Waals surface area contributed by atoms with Crippen LogP contribution in [0.5, 0.6) is 0 Å². The standard InChI is InChI=1S/C20H20O3/c1-13(2)10-18-12-16(20(21)23-18)11-17-8-9-19(22-17)15-6-4-14(3)5-7-15/h4-9,11-13H,10H2,1-3H3. The van der Waals surface area contributed by atoms with Crippen LogP contribution in [0.1, 0.15) is 31.6 Å². The zero-order chi connectivity index (χ0) is 16.4. The Bertz CT molecular complexity index is 773. The molecule has 3 rings (SSSR count). The summed E-state index contributed by atoms with van der Waals surface area (Å²) in [5.41, 5.74) is 2.76. The van der Waals surface area contributed by atoms with Gasteiger partial charge in [-0.05, 0) is 37.1 Å². The SMILES string of the molecule is Cc1ccc(-c2ccc(C=C3C=C(CC(C)C)OC3=O)o2)cc1. The number of hydrogen-bond donors (Lipinski definition) is 0. The number of benzene rings is 1. The van der Waals surface area contributed by atoms with Gasteiger partial charge in [-0.1, -0.05) is 43.7 Å². The summed E-state index contributed by atoms with van der Waals surface area (Å²) in [4.78, 5) is 11.9. The molecule has 0 amide bonds. The number of carbonyl (C=O) groups is 1. The van der Waals surface area contributed by atoms with Gasteiger partial charge in [-0.25, -0.2) is 4.79 Å². The molecule has 0 N–H and O–H groups in total. The molecule has 3 nitrogen and oxygen atoms in total. The number of rotatable bonds is 4. The number of aryl methyl sites for hydroxylation is 1. The zero-order valence-electron chi connectivity index (χ0n) is 13.6. The lowest BCUT2D eigenvalue weighted by atomic mass is 10.1. The first kappa shape index (κ1) is 15.3. The topological polar surface area (TPSA) is 39.4 Å². The molecule has 0 saturated carbocycles. The van der Waals surface area contributed by atoms with Crippen molar-refractivity contribution in [1.82, 2.24) is 0 Å². The predicted octanol–water partition coefficient (Wildman–Crippen LogP) is 5.13. The number of esters is 1. The number of cyclic esters (lactones) is 1. The lowest BCUT2D eigenvalue weighted by Gasteiger charge is -2.03. The molecule has 1 aliphatic rings. The van der Waals surface area contributed by atoms with Crippen LogP contribution in [0.4, 0.5) is 0 Å². The maximum atomic E-state index is 11.9. The highest BCUT2D eigenvalue weighted by molar-refractivity contribution is 5.99. The average molecular weight is 308 g/mol. The molecule has 1 aromatic carbocycles. The Kier molecular flexibility index (Phi) is 4.20. The fourth-order valence-electron chi connectivity index (χ4n) is 2.50. The normalized spacial score (nSPS) is 16.1. The number of hydrogen-bond acceptors (Lipinski definition) is 3. The number of allylic oxidation sites excluding steroid dienone is 1. The van der Waals surface area contributed by atoms with Gasteiger partial charge < -0.3 is 9.15 Å². The zero-order valence-corrected chi connectivity index (χ0v) is 13.6. The minimum absolute atomic E-state index is 0.311. The molecule has 0 spiro atoms. The summed E-state index contributed by atoms with van der Waals surface area (Å²) in [7, 11) is 0. The number of furan rings is 1. The van der Waals surface area contributed by atoms with Crippen molar-refractivity contribution in [3.05, 3.63) is 65.1 Å². The predicted molar refractivity (Wildman–Crippen MR) is 90.5 cm³/mol. The van der Waals surface area contributed by atoms with E-state index in [0.717, 1.165) is 23.5 Å². The molecule has 0 radical (unpaired) electrons. The second-order valence-electron chi connectivity index (χ2n) is 6.27. The summed E-state index contributed by atoms with van der Waals surface area (Å²) in [5.74, 6) is 2.30. The Balaban J connectivity index is 1.82. The van der Waals surface area contributed by atoms with Crippen molar-refractivity contribution in [3.8, 4) is 11.3 Å². The molecule has 0 atom stereocenters. The second-order valence-corrected chi connectivity index (χ2v) is 6.27. The van der Waals surface area contributed by atoms with Crippen LogP contribution < -0.4 is 0 Å². The summed E-state index contributed by atoms with van der Waals surface area (Å²) < 4.78 is 11.1. The van der Waals surface area contributed by atoms with Crippen molar-refractivity contribution in [2.45, 2.75) is 27.2 Å². The molecule has 0 bridgehead atoms. The van der Waals surface area contributed by atoms with Crippen LogP contribution in [0.25, 0.3) is 17.4 Å². The van der Waals surface area contributed by atoms with E-state index >= 15 is 0 Å². The van der Waals surface area contributed by atoms with Crippen LogP contribution in [0.3, 0.4) is 0 Å². The molecule has 23 heavy (non-hydrogen) atoms. The monoisotopic (exact) mass is 308 g/mol. The van der Waals surface area contributed by atoms with E-state index in [0.29, 0.717) is 17.3 Å². The molecular formula is C20H20O3. The van der Waals surface area contributed by atoms with Crippen molar-refractivity contribution in [3.63, 3.8) is 0 Å². The first-order chi connectivity index (χ1) is 11.0. The molecule has 0 saturated heterocycles. The Labute approximate surface area is 136 Å². The van der Waals surface area contributed by atoms with Gasteiger partial charge in [-0.3, -0.25) is 0 Å². The van der Waals surface area contributed by atoms with Crippen LogP contribution in [0, 0.1) is 12.8 Å². The third-order valence-electron chi connectivity index (χ3n) is 3.65. The molecule has 2 aromatic rings. The number of ether oxygens (including phenoxy) is 1. The van der Waals surface area contributed by atoms with Crippen molar-refractivity contribution in [1.29, 1.82) is 0 Å². The largest absolute Gasteiger partial charge is 0.457 e. The number of carbonyl (C=O) groups excluding carboxylic acids is 1. The van der Waals surface area contributed by atoms with Gasteiger partial charge in [0.15, 0.2) is 0 Å². The van der Waals surface area contributed by atoms with Gasteiger partial charge in [0.05, 0.1) is 5.57 Å². The maximum Gasteiger partial charge on any atom is 0.343 e. The lowest BCUT2D eigenvalue weighted by molar-refractivity contribution is -0.133. The summed E-state index contributed by atoms with van der Waals surface area (Å²) in [6, 6.07) is 11.9. The van der Waals surface area contributed by atoms with E-state index in [1.807, 2.05) is 36.4 Å². The molecule has 1 aromatic heterocycles. The van der Waals surface area contributed by atoms with Crippen molar-refractivity contribution in [2.24, 2.45) is 5.92 Å². The van der Waals surface area contributed by atoms with Crippen molar-refractivity contribution >= 4 is 12.0 Å². The van der Waals surface area contributed by atoms with Gasteiger partial charge in [0.2, 0.25) is 0 Å². The highest BCUT2D eigenvalue weighted by Gasteiger charge is 2.21. The molecule has 3 heteroatoms. The van der Waals surface area contributed by atoms with Gasteiger partial charge in [0.1, 0.15) is 17.3 Å². The highest BCUT2D eigenvalue weighted by atomic mass is 16.5. The summed E-state index contributed by atoms with van der Waals surface area (Å²) in [6.45, 7) is 6.24. The van der Waals surface area contributed by atoms with Crippen molar-refractivity contribution in [2.75, 3.05) is 0 Å². The van der Waals surface area contributed by atoms with E-state index in [2.05, 4.69) is 20.8 Å². The van der Waals surface area contributed by atoms with Gasteiger partial charge in [0.25, 0.3) is 0 Å². The fraction of sp³-hybridized carbons (Fsp3) is 0.250. The molecule has 2 heterocycles. The van der Waals surface area contributed by atoms with E-state index in [-0.39, 0.29) is 5.97 Å². The molecule has 118 valence electrons. The third-order valence-corrected chi connectivity index (χ3v) is 3.65. The third kappa shape index (κ3) is 3.62. The van der Waals surface area contributed by atoms with E-state index in [1.165, 1.54) is 5.56 Å². The minimum atomic E-state index is -0.311. The average Bonchev–Trinajstić information content (AvgIpc) is 3.07. The Morgan fingerprint density at radius 1 is 1.09 bits per heavy atom. The van der Waals surface area contributed by atoms with Gasteiger partial charge in [-0.2, -0.15) is 0 Å². The lowest BCUT2D eigenvalue weighted by Crippen LogP contribution is -1.98. The second kappa shape index (κ2) is 6.29. The van der Waals surface area contributed by atoms with Crippen LogP contribution in [0.15, 0.2) is 58.2 Å². The van der Waals surface area contributed by atoms with Gasteiger partial charge in [-0.15, -0.1) is 0 Å². The molecule has 0 aliphatic carbocycles. The highest BCUT2D eigenvalue weighted by Crippen LogP contribution is 2.27. The molecule has 0 fully saturated rings. The van der Waals surface area contributed by atoms with E-state index < -0.39 is 0 Å². The smallest absolute Gasteiger partial charge is 0.343 e. The molecule has 1 aliphatic heterocycles. The molecule has 0 unspecified atom stereocenters. The van der Waals surface area contributed by atoms with Crippen LogP contribution in [0.2, 0.25) is 0 Å². The fourth-order valence-corrected chi connectivity index (χ4v) is 2.50. The van der Waals surface area contributed by atoms with E-state index in [4.69, 9.17) is 9.15 Å². The quantitative estimate of drug-likeness (QED) is 0.581. The van der Waals surface area contributed by atoms with Crippen LogP contribution in [-0.2, 0) is 9.53 Å². The first-order valence-electron chi connectivity index (χ1n) is 7.82. The Morgan fingerprint density at radius 3 is 2.52 bits per heavy atom. The summed E-state index contributed by atoms with van der Waals surface area (Å²) in [6.07, 6.45) is 4.29. The minimum Gasteiger partial charge on any atom is -0.457 e. The summed E-state index contributed by atoms with van der Waals surface area (Å²) in [5, 5.41) is 0. The van der Waals surface area contributed by atoms with E-state index in [9.17, 15) is 4.79 Å². The van der Waals surface area contributed by atoms with Crippen LogP contribution >= 0.6 is 0 Å². The maximum absolute atomic E-state index is 11.9.